The number of rotatable bonds is 1. The molecule has 116 valence electrons. The summed E-state index contributed by atoms with van der Waals surface area (Å²) < 4.78 is 9.85. The maximum atomic E-state index is 12.2. The van der Waals surface area contributed by atoms with Crippen molar-refractivity contribution in [2.24, 2.45) is 5.92 Å². The van der Waals surface area contributed by atoms with E-state index in [2.05, 4.69) is 4.74 Å². The number of carbonyl (C=O) groups is 2. The van der Waals surface area contributed by atoms with Crippen molar-refractivity contribution in [1.29, 1.82) is 0 Å². The lowest BCUT2D eigenvalue weighted by Gasteiger charge is -2.43. The van der Waals surface area contributed by atoms with Crippen LogP contribution in [0.5, 0.6) is 0 Å². The molecule has 1 aliphatic heterocycles. The van der Waals surface area contributed by atoms with E-state index >= 15 is 0 Å². The molecule has 1 rings (SSSR count). The van der Waals surface area contributed by atoms with Gasteiger partial charge in [-0.25, -0.2) is 9.59 Å². The number of carbonyl (C=O) groups excluding carboxylic acids is 2. The second-order valence-electron chi connectivity index (χ2n) is 6.05. The smallest absolute Gasteiger partial charge is 0.413 e. The van der Waals surface area contributed by atoms with Gasteiger partial charge in [-0.05, 0) is 33.1 Å². The number of esters is 1. The van der Waals surface area contributed by atoms with E-state index in [1.165, 1.54) is 7.11 Å². The van der Waals surface area contributed by atoms with Crippen LogP contribution in [0.1, 0.15) is 34.1 Å². The molecule has 0 radical (unpaired) electrons. The number of nitrogens with zero attached hydrogens (tertiary/aromatic N) is 1. The van der Waals surface area contributed by atoms with Gasteiger partial charge in [0.25, 0.3) is 0 Å². The van der Waals surface area contributed by atoms with Crippen LogP contribution in [0.2, 0.25) is 0 Å². The summed E-state index contributed by atoms with van der Waals surface area (Å²) in [5, 5.41) is 19.8. The zero-order chi connectivity index (χ0) is 15.7. The quantitative estimate of drug-likeness (QED) is 0.682. The minimum atomic E-state index is -1.50. The predicted octanol–water partition coefficient (Wildman–Crippen LogP) is 0.484. The number of aliphatic hydroxyl groups is 2. The molecule has 0 saturated carbocycles. The number of hydrogen-bond donors (Lipinski definition) is 2. The van der Waals surface area contributed by atoms with Crippen molar-refractivity contribution >= 4 is 12.1 Å². The zero-order valence-electron chi connectivity index (χ0n) is 12.5. The van der Waals surface area contributed by atoms with E-state index in [1.54, 1.807) is 27.7 Å². The summed E-state index contributed by atoms with van der Waals surface area (Å²) in [5.74, 6) is -0.998. The number of likely N-dealkylation sites (tertiary alicyclic amines) is 1. The van der Waals surface area contributed by atoms with Gasteiger partial charge in [0.2, 0.25) is 0 Å². The maximum Gasteiger partial charge on any atom is 0.413 e. The normalized spacial score (nSPS) is 30.9. The van der Waals surface area contributed by atoms with Gasteiger partial charge in [0, 0.05) is 0 Å². The van der Waals surface area contributed by atoms with Gasteiger partial charge >= 0.3 is 12.1 Å². The van der Waals surface area contributed by atoms with Crippen LogP contribution in [0, 0.1) is 5.92 Å². The molecule has 1 fully saturated rings. The lowest BCUT2D eigenvalue weighted by atomic mass is 9.88. The molecule has 2 unspecified atom stereocenters. The van der Waals surface area contributed by atoms with Crippen LogP contribution in [-0.4, -0.2) is 58.3 Å². The molecule has 0 aromatic rings. The Morgan fingerprint density at radius 3 is 2.25 bits per heavy atom. The fraction of sp³-hybridized carbons (Fsp3) is 0.846. The number of hydrogen-bond acceptors (Lipinski definition) is 6. The molecule has 2 N–H and O–H groups in total. The molecule has 0 bridgehead atoms. The van der Waals surface area contributed by atoms with Crippen LogP contribution in [-0.2, 0) is 14.3 Å². The number of ether oxygens (including phenoxy) is 2. The van der Waals surface area contributed by atoms with E-state index in [1.807, 2.05) is 0 Å². The van der Waals surface area contributed by atoms with Gasteiger partial charge in [0.05, 0.1) is 13.2 Å². The molecule has 1 amide bonds. The molecular formula is C13H23NO6. The van der Waals surface area contributed by atoms with Crippen molar-refractivity contribution in [3.63, 3.8) is 0 Å². The first-order chi connectivity index (χ1) is 9.08. The van der Waals surface area contributed by atoms with Crippen molar-refractivity contribution in [2.45, 2.75) is 58.1 Å². The van der Waals surface area contributed by atoms with E-state index in [9.17, 15) is 19.8 Å². The number of aliphatic hydroxyl groups excluding tert-OH is 2. The van der Waals surface area contributed by atoms with Gasteiger partial charge in [-0.15, -0.1) is 0 Å². The molecule has 1 aliphatic rings. The molecule has 7 heteroatoms. The maximum absolute atomic E-state index is 12.2. The van der Waals surface area contributed by atoms with E-state index in [4.69, 9.17) is 4.74 Å². The Morgan fingerprint density at radius 1 is 1.25 bits per heavy atom. The van der Waals surface area contributed by atoms with Gasteiger partial charge in [0.1, 0.15) is 11.6 Å². The molecule has 20 heavy (non-hydrogen) atoms. The van der Waals surface area contributed by atoms with Gasteiger partial charge in [-0.2, -0.15) is 0 Å². The van der Waals surface area contributed by atoms with Crippen molar-refractivity contribution in [2.75, 3.05) is 7.11 Å². The van der Waals surface area contributed by atoms with Gasteiger partial charge in [-0.1, -0.05) is 6.92 Å². The first kappa shape index (κ1) is 16.7. The summed E-state index contributed by atoms with van der Waals surface area (Å²) >= 11 is 0. The summed E-state index contributed by atoms with van der Waals surface area (Å²) in [6.07, 6.45) is -3.28. The minimum absolute atomic E-state index is 0.195. The standard InChI is InChI=1S/C13H23NO6/c1-7-6-8(15)10(16)14(9(7)11(17)19-5)12(18)20-13(2,3)4/h7-10,15-16H,6H2,1-5H3/t7-,8?,9+,10?/m1/s1. The molecular weight excluding hydrogens is 266 g/mol. The van der Waals surface area contributed by atoms with Crippen molar-refractivity contribution in [3.05, 3.63) is 0 Å². The monoisotopic (exact) mass is 289 g/mol. The third-order valence-electron chi connectivity index (χ3n) is 3.13. The SMILES string of the molecule is COC(=O)[C@@H]1[C@H](C)CC(O)C(O)N1C(=O)OC(C)(C)C. The molecule has 0 aliphatic carbocycles. The van der Waals surface area contributed by atoms with Gasteiger partial charge in [0.15, 0.2) is 6.23 Å². The Balaban J connectivity index is 3.05. The fourth-order valence-electron chi connectivity index (χ4n) is 2.26. The molecule has 0 spiro atoms. The third kappa shape index (κ3) is 3.61. The van der Waals surface area contributed by atoms with E-state index in [0.29, 0.717) is 0 Å². The molecule has 0 aromatic heterocycles. The topological polar surface area (TPSA) is 96.3 Å². The highest BCUT2D eigenvalue weighted by molar-refractivity contribution is 5.82. The van der Waals surface area contributed by atoms with Gasteiger partial charge in [-0.3, -0.25) is 4.90 Å². The first-order valence-corrected chi connectivity index (χ1v) is 6.53. The minimum Gasteiger partial charge on any atom is -0.467 e. The Bertz CT molecular complexity index is 378. The van der Waals surface area contributed by atoms with Crippen molar-refractivity contribution in [1.82, 2.24) is 4.90 Å². The van der Waals surface area contributed by atoms with Crippen LogP contribution in [0.4, 0.5) is 4.79 Å². The van der Waals surface area contributed by atoms with Gasteiger partial charge < -0.3 is 19.7 Å². The van der Waals surface area contributed by atoms with Crippen LogP contribution >= 0.6 is 0 Å². The highest BCUT2D eigenvalue weighted by Crippen LogP contribution is 2.29. The molecule has 1 heterocycles. The summed E-state index contributed by atoms with van der Waals surface area (Å²) in [6.45, 7) is 6.73. The van der Waals surface area contributed by atoms with Crippen molar-refractivity contribution < 1.29 is 29.3 Å². The summed E-state index contributed by atoms with van der Waals surface area (Å²) in [4.78, 5) is 24.9. The molecule has 1 saturated heterocycles. The Hall–Kier alpha value is -1.34. The number of amides is 1. The lowest BCUT2D eigenvalue weighted by Crippen LogP contribution is -2.62. The molecule has 4 atom stereocenters. The van der Waals surface area contributed by atoms with E-state index in [-0.39, 0.29) is 12.3 Å². The summed E-state index contributed by atoms with van der Waals surface area (Å²) in [6, 6.07) is -0.978. The van der Waals surface area contributed by atoms with Crippen LogP contribution in [0.3, 0.4) is 0 Å². The predicted molar refractivity (Wildman–Crippen MR) is 69.7 cm³/mol. The zero-order valence-corrected chi connectivity index (χ0v) is 12.5. The average Bonchev–Trinajstić information content (AvgIpc) is 2.30. The Labute approximate surface area is 118 Å². The van der Waals surface area contributed by atoms with E-state index < -0.39 is 36.0 Å². The van der Waals surface area contributed by atoms with Crippen molar-refractivity contribution in [3.8, 4) is 0 Å². The lowest BCUT2D eigenvalue weighted by molar-refractivity contribution is -0.172. The van der Waals surface area contributed by atoms with Crippen LogP contribution < -0.4 is 0 Å². The Kier molecular flexibility index (Phi) is 4.99. The number of methoxy groups -OCH3 is 1. The average molecular weight is 289 g/mol. The first-order valence-electron chi connectivity index (χ1n) is 6.53. The van der Waals surface area contributed by atoms with Crippen LogP contribution in [0.15, 0.2) is 0 Å². The fourth-order valence-corrected chi connectivity index (χ4v) is 2.26. The summed E-state index contributed by atoms with van der Waals surface area (Å²) in [7, 11) is 1.21. The Morgan fingerprint density at radius 2 is 1.80 bits per heavy atom. The largest absolute Gasteiger partial charge is 0.467 e. The second kappa shape index (κ2) is 5.97. The molecule has 7 nitrogen and oxygen atoms in total. The molecule has 0 aromatic carbocycles. The van der Waals surface area contributed by atoms with Crippen LogP contribution in [0.25, 0.3) is 0 Å². The highest BCUT2D eigenvalue weighted by atomic mass is 16.6. The third-order valence-corrected chi connectivity index (χ3v) is 3.13. The van der Waals surface area contributed by atoms with E-state index in [0.717, 1.165) is 4.90 Å². The second-order valence-corrected chi connectivity index (χ2v) is 6.05. The summed E-state index contributed by atoms with van der Waals surface area (Å²) in [5.41, 5.74) is -0.775. The number of piperidine rings is 1. The highest BCUT2D eigenvalue weighted by Gasteiger charge is 2.47.